The van der Waals surface area contributed by atoms with Crippen LogP contribution >= 0.6 is 11.6 Å². The number of likely N-dealkylation sites (tertiary alicyclic amines) is 1. The van der Waals surface area contributed by atoms with Crippen molar-refractivity contribution in [2.45, 2.75) is 72.0 Å². The van der Waals surface area contributed by atoms with Gasteiger partial charge in [-0.2, -0.15) is 0 Å². The van der Waals surface area contributed by atoms with E-state index in [2.05, 4.69) is 13.8 Å². The van der Waals surface area contributed by atoms with E-state index in [0.717, 1.165) is 38.8 Å². The Morgan fingerprint density at radius 2 is 1.81 bits per heavy atom. The van der Waals surface area contributed by atoms with Crippen LogP contribution in [0.4, 0.5) is 4.79 Å². The summed E-state index contributed by atoms with van der Waals surface area (Å²) in [7, 11) is 3.40. The smallest absolute Gasteiger partial charge is 0.410 e. The summed E-state index contributed by atoms with van der Waals surface area (Å²) in [5.41, 5.74) is 0.0214. The predicted octanol–water partition coefficient (Wildman–Crippen LogP) is 5.87. The first-order valence-electron chi connectivity index (χ1n) is 11.5. The van der Waals surface area contributed by atoms with Crippen LogP contribution in [-0.2, 0) is 4.74 Å². The largest absolute Gasteiger partial charge is 0.491 e. The van der Waals surface area contributed by atoms with Gasteiger partial charge < -0.3 is 19.3 Å². The van der Waals surface area contributed by atoms with Crippen molar-refractivity contribution < 1.29 is 19.1 Å². The molecule has 0 aromatic heterocycles. The molecular formula is C25H39ClN2O4. The number of piperidine rings is 1. The Bertz CT molecular complexity index is 783. The van der Waals surface area contributed by atoms with Crippen molar-refractivity contribution in [3.63, 3.8) is 0 Å². The molecule has 1 fully saturated rings. The monoisotopic (exact) mass is 466 g/mol. The molecule has 0 saturated carbocycles. The van der Waals surface area contributed by atoms with Gasteiger partial charge in [0.1, 0.15) is 11.4 Å². The zero-order chi connectivity index (χ0) is 24.1. The zero-order valence-corrected chi connectivity index (χ0v) is 21.4. The molecule has 32 heavy (non-hydrogen) atoms. The molecule has 1 aliphatic heterocycles. The summed E-state index contributed by atoms with van der Waals surface area (Å²) in [6, 6.07) is 5.23. The molecule has 0 spiro atoms. The molecule has 1 aliphatic rings. The minimum Gasteiger partial charge on any atom is -0.491 e. The summed E-state index contributed by atoms with van der Waals surface area (Å²) >= 11 is 6.29. The molecule has 180 valence electrons. The number of hydrogen-bond acceptors (Lipinski definition) is 4. The van der Waals surface area contributed by atoms with E-state index in [1.807, 2.05) is 25.7 Å². The number of benzene rings is 1. The van der Waals surface area contributed by atoms with E-state index in [-0.39, 0.29) is 18.1 Å². The average molecular weight is 467 g/mol. The van der Waals surface area contributed by atoms with Crippen LogP contribution in [0.15, 0.2) is 18.2 Å². The minimum atomic E-state index is -0.453. The predicted molar refractivity (Wildman–Crippen MR) is 128 cm³/mol. The first-order valence-corrected chi connectivity index (χ1v) is 11.9. The fourth-order valence-electron chi connectivity index (χ4n) is 4.17. The average Bonchev–Trinajstić information content (AvgIpc) is 2.66. The molecule has 7 heteroatoms. The van der Waals surface area contributed by atoms with Gasteiger partial charge in [0.15, 0.2) is 0 Å². The number of carbonyl (C=O) groups excluding carboxylic acids is 2. The lowest BCUT2D eigenvalue weighted by atomic mass is 9.86. The van der Waals surface area contributed by atoms with Gasteiger partial charge in [0, 0.05) is 27.2 Å². The van der Waals surface area contributed by atoms with Gasteiger partial charge in [0.2, 0.25) is 0 Å². The fourth-order valence-corrected chi connectivity index (χ4v) is 4.42. The molecule has 6 nitrogen and oxygen atoms in total. The second kappa shape index (κ2) is 11.3. The van der Waals surface area contributed by atoms with Gasteiger partial charge in [0.25, 0.3) is 5.91 Å². The molecule has 1 heterocycles. The molecule has 1 saturated heterocycles. The molecule has 0 N–H and O–H groups in total. The van der Waals surface area contributed by atoms with Crippen molar-refractivity contribution in [3.8, 4) is 5.75 Å². The first-order chi connectivity index (χ1) is 14.9. The van der Waals surface area contributed by atoms with Gasteiger partial charge in [-0.25, -0.2) is 4.79 Å². The number of nitrogens with zero attached hydrogens (tertiary/aromatic N) is 2. The van der Waals surface area contributed by atoms with Crippen LogP contribution in [0.2, 0.25) is 5.02 Å². The van der Waals surface area contributed by atoms with Crippen LogP contribution in [0.25, 0.3) is 0 Å². The summed E-state index contributed by atoms with van der Waals surface area (Å²) in [6.45, 7) is 11.5. The third-order valence-corrected chi connectivity index (χ3v) is 5.96. The summed E-state index contributed by atoms with van der Waals surface area (Å²) in [6.07, 6.45) is 3.90. The number of rotatable bonds is 7. The Balaban J connectivity index is 1.78. The lowest BCUT2D eigenvalue weighted by molar-refractivity contribution is 0.0174. The molecule has 0 aliphatic carbocycles. The van der Waals surface area contributed by atoms with Crippen molar-refractivity contribution in [1.29, 1.82) is 0 Å². The second-order valence-corrected chi connectivity index (χ2v) is 10.7. The first kappa shape index (κ1) is 26.3. The van der Waals surface area contributed by atoms with Crippen LogP contribution in [0.1, 0.15) is 70.7 Å². The van der Waals surface area contributed by atoms with Crippen molar-refractivity contribution in [1.82, 2.24) is 9.80 Å². The Morgan fingerprint density at radius 1 is 1.19 bits per heavy atom. The quantitative estimate of drug-likeness (QED) is 0.504. The summed E-state index contributed by atoms with van der Waals surface area (Å²) < 4.78 is 11.5. The van der Waals surface area contributed by atoms with Gasteiger partial charge >= 0.3 is 6.09 Å². The Labute approximate surface area is 198 Å². The van der Waals surface area contributed by atoms with Gasteiger partial charge in [-0.15, -0.1) is 0 Å². The topological polar surface area (TPSA) is 59.1 Å². The summed E-state index contributed by atoms with van der Waals surface area (Å²) in [5, 5.41) is 0.401. The van der Waals surface area contributed by atoms with Gasteiger partial charge in [-0.3, -0.25) is 4.79 Å². The van der Waals surface area contributed by atoms with E-state index >= 15 is 0 Å². The highest BCUT2D eigenvalue weighted by Gasteiger charge is 2.28. The standard InChI is InChI=1S/C25H39ClN2O4/c1-17(15-19-10-12-28(13-11-19)24(30)32-25(3,4)5)14-18(2)31-20-8-9-21(22(26)16-20)23(29)27(6)7/h8-9,16-19H,10-15H2,1-7H3. The molecule has 1 aromatic carbocycles. The highest BCUT2D eigenvalue weighted by Crippen LogP contribution is 2.29. The fraction of sp³-hybridized carbons (Fsp3) is 0.680. The Morgan fingerprint density at radius 3 is 2.34 bits per heavy atom. The van der Waals surface area contributed by atoms with Crippen LogP contribution < -0.4 is 4.74 Å². The third kappa shape index (κ3) is 8.19. The van der Waals surface area contributed by atoms with Crippen molar-refractivity contribution in [3.05, 3.63) is 28.8 Å². The molecule has 2 amide bonds. The van der Waals surface area contributed by atoms with Crippen molar-refractivity contribution in [2.75, 3.05) is 27.2 Å². The Kier molecular flexibility index (Phi) is 9.26. The molecule has 0 radical (unpaired) electrons. The highest BCUT2D eigenvalue weighted by atomic mass is 35.5. The summed E-state index contributed by atoms with van der Waals surface area (Å²) in [5.74, 6) is 1.67. The molecule has 2 rings (SSSR count). The van der Waals surface area contributed by atoms with E-state index in [9.17, 15) is 9.59 Å². The normalized spacial score (nSPS) is 16.9. The highest BCUT2D eigenvalue weighted by molar-refractivity contribution is 6.34. The molecule has 0 bridgehead atoms. The number of carbonyl (C=O) groups is 2. The van der Waals surface area contributed by atoms with E-state index in [1.165, 1.54) is 4.90 Å². The molecule has 1 aromatic rings. The second-order valence-electron chi connectivity index (χ2n) is 10.3. The number of halogens is 1. The molecular weight excluding hydrogens is 428 g/mol. The van der Waals surface area contributed by atoms with Crippen LogP contribution in [-0.4, -0.2) is 60.7 Å². The molecule has 2 atom stereocenters. The van der Waals surface area contributed by atoms with Crippen molar-refractivity contribution >= 4 is 23.6 Å². The lowest BCUT2D eigenvalue weighted by Crippen LogP contribution is -2.42. The van der Waals surface area contributed by atoms with Crippen LogP contribution in [0, 0.1) is 11.8 Å². The van der Waals surface area contributed by atoms with E-state index in [1.54, 1.807) is 32.3 Å². The van der Waals surface area contributed by atoms with E-state index < -0.39 is 5.60 Å². The van der Waals surface area contributed by atoms with Crippen molar-refractivity contribution in [2.24, 2.45) is 11.8 Å². The number of hydrogen-bond donors (Lipinski definition) is 0. The SMILES string of the molecule is CC(CC1CCN(C(=O)OC(C)(C)C)CC1)CC(C)Oc1ccc(C(=O)N(C)C)c(Cl)c1. The Hall–Kier alpha value is -1.95. The van der Waals surface area contributed by atoms with E-state index in [4.69, 9.17) is 21.1 Å². The maximum absolute atomic E-state index is 12.2. The minimum absolute atomic E-state index is 0.0401. The van der Waals surface area contributed by atoms with Gasteiger partial charge in [-0.05, 0) is 83.4 Å². The van der Waals surface area contributed by atoms with Crippen LogP contribution in [0.3, 0.4) is 0 Å². The van der Waals surface area contributed by atoms with Gasteiger partial charge in [0.05, 0.1) is 16.7 Å². The number of amides is 2. The molecule has 2 unspecified atom stereocenters. The van der Waals surface area contributed by atoms with E-state index in [0.29, 0.717) is 28.2 Å². The maximum Gasteiger partial charge on any atom is 0.410 e. The zero-order valence-electron chi connectivity index (χ0n) is 20.6. The lowest BCUT2D eigenvalue weighted by Gasteiger charge is -2.34. The maximum atomic E-state index is 12.2. The van der Waals surface area contributed by atoms with Gasteiger partial charge in [-0.1, -0.05) is 18.5 Å². The summed E-state index contributed by atoms with van der Waals surface area (Å²) in [4.78, 5) is 27.7. The third-order valence-electron chi connectivity index (χ3n) is 5.65. The number of ether oxygens (including phenoxy) is 2. The van der Waals surface area contributed by atoms with Crippen LogP contribution in [0.5, 0.6) is 5.75 Å².